The number of alkyl halides is 2. The Labute approximate surface area is 160 Å². The molecule has 0 aromatic heterocycles. The van der Waals surface area contributed by atoms with Gasteiger partial charge in [-0.25, -0.2) is 0 Å². The summed E-state index contributed by atoms with van der Waals surface area (Å²) in [5.41, 5.74) is 0. The van der Waals surface area contributed by atoms with Gasteiger partial charge in [0.15, 0.2) is 0 Å². The molecule has 6 atom stereocenters. The molecule has 0 amide bonds. The first-order chi connectivity index (χ1) is 10.3. The fourth-order valence-corrected chi connectivity index (χ4v) is 144. The molecule has 10 saturated heterocycles. The SMILES string of the molecule is ClP(c1ccccc1I)[C]12[CH]3[CH]4[C]5(Br)[C]1(I)[Fe]43521678[CH]2[CH]1[CH]6[CH]7[CH]28. The first kappa shape index (κ1) is 11.3. The standard InChI is InChI=1S/C11H6BrClI2P.C5H5.Fe/c12-7-5-6-10(11(7)15)16(13)9-4-2-1-3-8(9)14;1-2-4-5-3-1;/h1-6H;1-5H;. The Kier molecular flexibility index (Phi) is 0.610. The molecule has 6 unspecified atom stereocenters. The van der Waals surface area contributed by atoms with Gasteiger partial charge in [-0.15, -0.1) is 0 Å². The van der Waals surface area contributed by atoms with E-state index in [4.69, 9.17) is 11.2 Å². The predicted octanol–water partition coefficient (Wildman–Crippen LogP) is 6.49. The third-order valence-corrected chi connectivity index (χ3v) is 86.4. The molecule has 10 heterocycles. The van der Waals surface area contributed by atoms with Crippen LogP contribution in [-0.4, -0.2) is 9.60 Å². The second-order valence-electron chi connectivity index (χ2n) is 11.3. The van der Waals surface area contributed by atoms with Gasteiger partial charge >= 0.3 is 163 Å². The van der Waals surface area contributed by atoms with Crippen LogP contribution in [0.3, 0.4) is 0 Å². The third-order valence-electron chi connectivity index (χ3n) is 15.9. The molecule has 0 aliphatic carbocycles. The Hall–Kier alpha value is 2.40. The van der Waals surface area contributed by atoms with E-state index in [1.54, 1.807) is 5.30 Å². The molecule has 11 rings (SSSR count). The molecule has 1 aromatic carbocycles. The Morgan fingerprint density at radius 3 is 2.05 bits per heavy atom. The molecule has 1 aromatic rings. The normalized spacial score (nSPS) is 103. The summed E-state index contributed by atoms with van der Waals surface area (Å²) in [6.45, 7) is -3.41. The van der Waals surface area contributed by atoms with Crippen molar-refractivity contribution in [2.75, 3.05) is 0 Å². The zero-order valence-electron chi connectivity index (χ0n) is 11.2. The molecule has 22 heavy (non-hydrogen) atoms. The zero-order valence-corrected chi connectivity index (χ0v) is 19.8. The Morgan fingerprint density at radius 2 is 1.68 bits per heavy atom. The molecule has 0 saturated carbocycles. The maximum atomic E-state index is 7.54. The van der Waals surface area contributed by atoms with Crippen LogP contribution in [0, 0.1) is 3.57 Å². The van der Waals surface area contributed by atoms with Gasteiger partial charge in [-0.05, 0) is 0 Å². The van der Waals surface area contributed by atoms with Gasteiger partial charge in [0, 0.05) is 0 Å². The van der Waals surface area contributed by atoms with Crippen molar-refractivity contribution in [3.8, 4) is 0 Å². The van der Waals surface area contributed by atoms with Crippen molar-refractivity contribution in [1.82, 2.24) is 0 Å². The van der Waals surface area contributed by atoms with Crippen LogP contribution >= 0.6 is 79.6 Å². The number of benzene rings is 1. The summed E-state index contributed by atoms with van der Waals surface area (Å²) in [4.78, 5) is 8.91. The topological polar surface area (TPSA) is 0 Å². The van der Waals surface area contributed by atoms with E-state index in [9.17, 15) is 0 Å². The molecule has 0 N–H and O–H groups in total. The molecule has 116 valence electrons. The third kappa shape index (κ3) is 0.147. The fourth-order valence-electron chi connectivity index (χ4n) is 17.5. The van der Waals surface area contributed by atoms with Crippen molar-refractivity contribution < 1.29 is 6.51 Å². The summed E-state index contributed by atoms with van der Waals surface area (Å²) >= 11 is 17.7. The summed E-state index contributed by atoms with van der Waals surface area (Å²) in [6, 6.07) is 9.05. The maximum absolute atomic E-state index is 7.54. The number of rotatable bonds is 2. The van der Waals surface area contributed by atoms with Crippen LogP contribution in [0.5, 0.6) is 0 Å². The molecule has 0 radical (unpaired) electrons. The van der Waals surface area contributed by atoms with Crippen LogP contribution < -0.4 is 5.30 Å². The van der Waals surface area contributed by atoms with Gasteiger partial charge in [-0.1, -0.05) is 0 Å². The molecule has 1 spiro atoms. The van der Waals surface area contributed by atoms with Crippen LogP contribution in [0.1, 0.15) is 0 Å². The van der Waals surface area contributed by atoms with Gasteiger partial charge in [0.25, 0.3) is 0 Å². The van der Waals surface area contributed by atoms with Gasteiger partial charge in [-0.2, -0.15) is 0 Å². The molecule has 0 bridgehead atoms. The number of fused-ring (bicyclic) bond motifs is 10. The van der Waals surface area contributed by atoms with Crippen LogP contribution in [0.15, 0.2) is 24.3 Å². The van der Waals surface area contributed by atoms with Crippen molar-refractivity contribution >= 4 is 84.9 Å². The monoisotopic (exact) mass is 658 g/mol. The Morgan fingerprint density at radius 1 is 1.09 bits per heavy atom. The van der Waals surface area contributed by atoms with Crippen molar-refractivity contribution in [1.29, 1.82) is 0 Å². The number of halogens is 4. The summed E-state index contributed by atoms with van der Waals surface area (Å²) in [5.74, 6) is 0. The van der Waals surface area contributed by atoms with Crippen LogP contribution in [0.2, 0.25) is 33.7 Å². The van der Waals surface area contributed by atoms with Gasteiger partial charge in [0.2, 0.25) is 0 Å². The molecule has 10 aliphatic heterocycles. The minimum atomic E-state index is -3.41. The van der Waals surface area contributed by atoms with Crippen LogP contribution in [-0.2, 0) is 6.51 Å². The number of hydrogen-bond donors (Lipinski definition) is 0. The van der Waals surface area contributed by atoms with E-state index < -0.39 is 13.8 Å². The molecule has 0 nitrogen and oxygen atoms in total. The van der Waals surface area contributed by atoms with E-state index in [2.05, 4.69) is 85.4 Å². The van der Waals surface area contributed by atoms with Crippen molar-refractivity contribution in [3.63, 3.8) is 0 Å². The van der Waals surface area contributed by atoms with E-state index in [1.165, 1.54) is 37.3 Å². The van der Waals surface area contributed by atoms with Gasteiger partial charge in [0.1, 0.15) is 0 Å². The molecule has 10 fully saturated rings. The molecular formula is C16H11BrClFeI2P. The van der Waals surface area contributed by atoms with E-state index in [0.717, 1.165) is 5.54 Å². The van der Waals surface area contributed by atoms with E-state index in [0.29, 0.717) is 4.05 Å². The predicted molar refractivity (Wildman–Crippen MR) is 109 cm³/mol. The fraction of sp³-hybridized carbons (Fsp3) is 0.625. The second kappa shape index (κ2) is 1.19. The van der Waals surface area contributed by atoms with E-state index in [1.807, 2.05) is 0 Å². The van der Waals surface area contributed by atoms with Gasteiger partial charge in [0.05, 0.1) is 0 Å². The van der Waals surface area contributed by atoms with Crippen molar-refractivity contribution in [2.24, 2.45) is 0 Å². The van der Waals surface area contributed by atoms with E-state index in [-0.39, 0.29) is 0 Å². The quantitative estimate of drug-likeness (QED) is 0.148. The molecule has 10 aliphatic rings. The van der Waals surface area contributed by atoms with E-state index >= 15 is 0 Å². The summed E-state index contributed by atoms with van der Waals surface area (Å²) < 4.78 is 3.60. The zero-order chi connectivity index (χ0) is 14.4. The second-order valence-corrected chi connectivity index (χ2v) is 43.1. The molecule has 6 heteroatoms. The van der Waals surface area contributed by atoms with Gasteiger partial charge in [-0.3, -0.25) is 0 Å². The molecular weight excluding hydrogens is 648 g/mol. The first-order valence-corrected chi connectivity index (χ1v) is 19.4. The average Bonchev–Trinajstić information content (AvgIpc) is 3.46. The summed E-state index contributed by atoms with van der Waals surface area (Å²) in [5, 5.41) is 1.54. The first-order valence-electron chi connectivity index (χ1n) is 8.05. The van der Waals surface area contributed by atoms with Crippen LogP contribution in [0.25, 0.3) is 0 Å². The summed E-state index contributed by atoms with van der Waals surface area (Å²) in [6.07, 6.45) is 0. The minimum absolute atomic E-state index is 0.467. The Bertz CT molecular complexity index is 1350. The number of hydrogen-bond acceptors (Lipinski definition) is 0. The average molecular weight is 659 g/mol. The van der Waals surface area contributed by atoms with Crippen LogP contribution in [0.4, 0.5) is 0 Å². The Balaban J connectivity index is 1.42. The van der Waals surface area contributed by atoms with Crippen molar-refractivity contribution in [2.45, 2.75) is 43.3 Å². The summed E-state index contributed by atoms with van der Waals surface area (Å²) in [7, 11) is -0.467. The van der Waals surface area contributed by atoms with Crippen molar-refractivity contribution in [3.05, 3.63) is 27.8 Å². The van der Waals surface area contributed by atoms with Gasteiger partial charge < -0.3 is 0 Å².